The maximum absolute atomic E-state index is 6.08. The van der Waals surface area contributed by atoms with Crippen LogP contribution in [0.4, 0.5) is 5.95 Å². The van der Waals surface area contributed by atoms with Gasteiger partial charge in [-0.2, -0.15) is 4.98 Å². The first-order chi connectivity index (χ1) is 9.58. The van der Waals surface area contributed by atoms with Crippen molar-refractivity contribution in [1.82, 2.24) is 9.97 Å². The lowest BCUT2D eigenvalue weighted by Gasteiger charge is -2.32. The molecule has 2 atom stereocenters. The lowest BCUT2D eigenvalue weighted by Crippen LogP contribution is -2.36. The van der Waals surface area contributed by atoms with Crippen molar-refractivity contribution < 1.29 is 9.47 Å². The van der Waals surface area contributed by atoms with Crippen molar-refractivity contribution in [2.75, 3.05) is 11.9 Å². The molecule has 20 heavy (non-hydrogen) atoms. The number of hydrogen-bond acceptors (Lipinski definition) is 5. The summed E-state index contributed by atoms with van der Waals surface area (Å²) in [5.41, 5.74) is 0.971. The highest BCUT2D eigenvalue weighted by molar-refractivity contribution is 5.32. The number of aryl methyl sites for hydroxylation is 1. The largest absolute Gasteiger partial charge is 0.474 e. The lowest BCUT2D eigenvalue weighted by molar-refractivity contribution is -0.0730. The van der Waals surface area contributed by atoms with Gasteiger partial charge in [-0.25, -0.2) is 4.98 Å². The van der Waals surface area contributed by atoms with Gasteiger partial charge in [0.05, 0.1) is 12.2 Å². The third-order valence-corrected chi connectivity index (χ3v) is 3.39. The van der Waals surface area contributed by atoms with Crippen LogP contribution in [0.25, 0.3) is 0 Å². The molecule has 5 nitrogen and oxygen atoms in total. The summed E-state index contributed by atoms with van der Waals surface area (Å²) in [5, 5.41) is 3.19. The van der Waals surface area contributed by atoms with Gasteiger partial charge in [0.25, 0.3) is 0 Å². The SMILES string of the molecule is CCCNc1ncc(C)c(OC2CC(C)OC(C)C2)n1. The quantitative estimate of drug-likeness (QED) is 0.898. The summed E-state index contributed by atoms with van der Waals surface area (Å²) in [5.74, 6) is 1.32. The molecule has 1 fully saturated rings. The van der Waals surface area contributed by atoms with Crippen molar-refractivity contribution in [2.45, 2.75) is 65.3 Å². The molecule has 1 aliphatic rings. The predicted molar refractivity (Wildman–Crippen MR) is 79.2 cm³/mol. The molecule has 0 spiro atoms. The fourth-order valence-corrected chi connectivity index (χ4v) is 2.47. The molecule has 0 aromatic carbocycles. The molecule has 1 saturated heterocycles. The summed E-state index contributed by atoms with van der Waals surface area (Å²) in [6.45, 7) is 9.14. The van der Waals surface area contributed by atoms with Crippen LogP contribution in [0, 0.1) is 6.92 Å². The van der Waals surface area contributed by atoms with E-state index in [0.717, 1.165) is 31.4 Å². The molecule has 2 rings (SSSR count). The zero-order chi connectivity index (χ0) is 14.5. The first-order valence-corrected chi connectivity index (χ1v) is 7.48. The number of nitrogens with zero attached hydrogens (tertiary/aromatic N) is 2. The molecule has 0 bridgehead atoms. The second-order valence-electron chi connectivity index (χ2n) is 5.58. The van der Waals surface area contributed by atoms with E-state index in [1.807, 2.05) is 13.1 Å². The van der Waals surface area contributed by atoms with Crippen LogP contribution in [0.1, 0.15) is 45.6 Å². The molecular formula is C15H25N3O2. The molecule has 2 heterocycles. The Hall–Kier alpha value is -1.36. The zero-order valence-electron chi connectivity index (χ0n) is 12.8. The van der Waals surface area contributed by atoms with Gasteiger partial charge < -0.3 is 14.8 Å². The van der Waals surface area contributed by atoms with Gasteiger partial charge in [-0.05, 0) is 27.2 Å². The van der Waals surface area contributed by atoms with Crippen molar-refractivity contribution in [2.24, 2.45) is 0 Å². The summed E-state index contributed by atoms with van der Waals surface area (Å²) < 4.78 is 11.8. The van der Waals surface area contributed by atoms with Crippen molar-refractivity contribution in [3.63, 3.8) is 0 Å². The average Bonchev–Trinajstić information content (AvgIpc) is 2.38. The van der Waals surface area contributed by atoms with Crippen molar-refractivity contribution in [3.05, 3.63) is 11.8 Å². The second kappa shape index (κ2) is 6.88. The van der Waals surface area contributed by atoms with E-state index in [2.05, 4.69) is 36.1 Å². The first-order valence-electron chi connectivity index (χ1n) is 7.48. The van der Waals surface area contributed by atoms with Crippen LogP contribution in [0.5, 0.6) is 5.88 Å². The average molecular weight is 279 g/mol. The van der Waals surface area contributed by atoms with Gasteiger partial charge in [-0.3, -0.25) is 0 Å². The molecule has 2 unspecified atom stereocenters. The van der Waals surface area contributed by atoms with Crippen LogP contribution in [0.2, 0.25) is 0 Å². The molecule has 1 aromatic heterocycles. The van der Waals surface area contributed by atoms with Crippen LogP contribution in [0.15, 0.2) is 6.20 Å². The van der Waals surface area contributed by atoms with E-state index in [0.29, 0.717) is 11.8 Å². The maximum Gasteiger partial charge on any atom is 0.225 e. The van der Waals surface area contributed by atoms with Gasteiger partial charge in [0.15, 0.2) is 0 Å². The van der Waals surface area contributed by atoms with Crippen molar-refractivity contribution in [3.8, 4) is 5.88 Å². The van der Waals surface area contributed by atoms with E-state index in [1.165, 1.54) is 0 Å². The number of anilines is 1. The van der Waals surface area contributed by atoms with Gasteiger partial charge in [-0.1, -0.05) is 6.92 Å². The summed E-state index contributed by atoms with van der Waals surface area (Å²) in [4.78, 5) is 8.74. The van der Waals surface area contributed by atoms with Crippen LogP contribution in [0.3, 0.4) is 0 Å². The molecular weight excluding hydrogens is 254 g/mol. The van der Waals surface area contributed by atoms with Gasteiger partial charge in [0.2, 0.25) is 11.8 Å². The van der Waals surface area contributed by atoms with E-state index in [9.17, 15) is 0 Å². The van der Waals surface area contributed by atoms with Crippen LogP contribution >= 0.6 is 0 Å². The Balaban J connectivity index is 2.03. The molecule has 0 amide bonds. The molecule has 0 saturated carbocycles. The number of hydrogen-bond donors (Lipinski definition) is 1. The Kier molecular flexibility index (Phi) is 5.17. The van der Waals surface area contributed by atoms with E-state index in [4.69, 9.17) is 9.47 Å². The molecule has 0 radical (unpaired) electrons. The fraction of sp³-hybridized carbons (Fsp3) is 0.733. The first kappa shape index (κ1) is 15.0. The van der Waals surface area contributed by atoms with Crippen molar-refractivity contribution in [1.29, 1.82) is 0 Å². The number of ether oxygens (including phenoxy) is 2. The highest BCUT2D eigenvalue weighted by atomic mass is 16.5. The maximum atomic E-state index is 6.08. The topological polar surface area (TPSA) is 56.3 Å². The molecule has 0 aliphatic carbocycles. The summed E-state index contributed by atoms with van der Waals surface area (Å²) in [6, 6.07) is 0. The van der Waals surface area contributed by atoms with Gasteiger partial charge >= 0.3 is 0 Å². The third-order valence-electron chi connectivity index (χ3n) is 3.39. The highest BCUT2D eigenvalue weighted by Crippen LogP contribution is 2.25. The van der Waals surface area contributed by atoms with Gasteiger partial charge in [0, 0.05) is 31.1 Å². The van der Waals surface area contributed by atoms with Crippen LogP contribution < -0.4 is 10.1 Å². The van der Waals surface area contributed by atoms with E-state index in [1.54, 1.807) is 0 Å². The standard InChI is InChI=1S/C15H25N3O2/c1-5-6-16-15-17-9-10(2)14(18-15)20-13-7-11(3)19-12(4)8-13/h9,11-13H,5-8H2,1-4H3,(H,16,17,18). The Morgan fingerprint density at radius 2 is 2.05 bits per heavy atom. The third kappa shape index (κ3) is 4.07. The number of rotatable bonds is 5. The van der Waals surface area contributed by atoms with Crippen LogP contribution in [-0.4, -0.2) is 34.8 Å². The zero-order valence-corrected chi connectivity index (χ0v) is 12.8. The van der Waals surface area contributed by atoms with E-state index < -0.39 is 0 Å². The monoisotopic (exact) mass is 279 g/mol. The number of aromatic nitrogens is 2. The second-order valence-corrected chi connectivity index (χ2v) is 5.58. The lowest BCUT2D eigenvalue weighted by atomic mass is 10.0. The minimum Gasteiger partial charge on any atom is -0.474 e. The Labute approximate surface area is 121 Å². The van der Waals surface area contributed by atoms with Gasteiger partial charge in [-0.15, -0.1) is 0 Å². The Bertz CT molecular complexity index is 429. The van der Waals surface area contributed by atoms with Crippen LogP contribution in [-0.2, 0) is 4.74 Å². The minimum absolute atomic E-state index is 0.168. The predicted octanol–water partition coefficient (Wildman–Crippen LogP) is 2.94. The molecule has 1 N–H and O–H groups in total. The Morgan fingerprint density at radius 1 is 1.35 bits per heavy atom. The normalized spacial score (nSPS) is 26.3. The summed E-state index contributed by atoms with van der Waals surface area (Å²) in [6.07, 6.45) is 5.32. The molecule has 112 valence electrons. The van der Waals surface area contributed by atoms with Gasteiger partial charge in [0.1, 0.15) is 6.10 Å². The minimum atomic E-state index is 0.168. The molecule has 1 aliphatic heterocycles. The number of nitrogens with one attached hydrogen (secondary N) is 1. The van der Waals surface area contributed by atoms with E-state index >= 15 is 0 Å². The smallest absolute Gasteiger partial charge is 0.225 e. The Morgan fingerprint density at radius 3 is 2.70 bits per heavy atom. The fourth-order valence-electron chi connectivity index (χ4n) is 2.47. The van der Waals surface area contributed by atoms with E-state index in [-0.39, 0.29) is 18.3 Å². The molecule has 5 heteroatoms. The van der Waals surface area contributed by atoms with Crippen molar-refractivity contribution >= 4 is 5.95 Å². The highest BCUT2D eigenvalue weighted by Gasteiger charge is 2.26. The summed E-state index contributed by atoms with van der Waals surface area (Å²) >= 11 is 0. The summed E-state index contributed by atoms with van der Waals surface area (Å²) in [7, 11) is 0. The molecule has 1 aromatic rings.